The SMILES string of the molecule is CCS(=O)(=O)CCn1nc(C(C)(C)C)c(Br)c1N. The normalized spacial score (nSPS) is 12.9. The van der Waals surface area contributed by atoms with Crippen LogP contribution in [0.25, 0.3) is 0 Å². The largest absolute Gasteiger partial charge is 0.383 e. The maximum atomic E-state index is 11.5. The lowest BCUT2D eigenvalue weighted by molar-refractivity contribution is 0.537. The highest BCUT2D eigenvalue weighted by molar-refractivity contribution is 9.10. The predicted molar refractivity (Wildman–Crippen MR) is 77.4 cm³/mol. The Labute approximate surface area is 117 Å². The fourth-order valence-electron chi connectivity index (χ4n) is 1.47. The molecule has 0 unspecified atom stereocenters. The van der Waals surface area contributed by atoms with E-state index in [2.05, 4.69) is 21.0 Å². The first-order valence-electron chi connectivity index (χ1n) is 5.81. The number of hydrogen-bond donors (Lipinski definition) is 1. The first-order valence-corrected chi connectivity index (χ1v) is 8.42. The molecule has 1 heterocycles. The second-order valence-electron chi connectivity index (χ2n) is 5.26. The molecule has 0 aliphatic carbocycles. The molecule has 7 heteroatoms. The number of aromatic nitrogens is 2. The van der Waals surface area contributed by atoms with Crippen molar-refractivity contribution in [3.05, 3.63) is 10.2 Å². The third-order valence-electron chi connectivity index (χ3n) is 2.70. The van der Waals surface area contributed by atoms with E-state index >= 15 is 0 Å². The maximum Gasteiger partial charge on any atom is 0.151 e. The van der Waals surface area contributed by atoms with E-state index in [9.17, 15) is 8.42 Å². The smallest absolute Gasteiger partial charge is 0.151 e. The number of hydrogen-bond acceptors (Lipinski definition) is 4. The van der Waals surface area contributed by atoms with Crippen molar-refractivity contribution in [2.24, 2.45) is 0 Å². The minimum Gasteiger partial charge on any atom is -0.383 e. The van der Waals surface area contributed by atoms with Crippen LogP contribution < -0.4 is 5.73 Å². The van der Waals surface area contributed by atoms with Gasteiger partial charge in [-0.2, -0.15) is 5.10 Å². The van der Waals surface area contributed by atoms with Gasteiger partial charge < -0.3 is 5.73 Å². The Bertz CT molecular complexity index is 529. The molecule has 0 saturated heterocycles. The van der Waals surface area contributed by atoms with Gasteiger partial charge in [0.05, 0.1) is 22.5 Å². The quantitative estimate of drug-likeness (QED) is 0.910. The summed E-state index contributed by atoms with van der Waals surface area (Å²) in [7, 11) is -3.01. The number of halogens is 1. The highest BCUT2D eigenvalue weighted by atomic mass is 79.9. The Morgan fingerprint density at radius 2 is 1.94 bits per heavy atom. The summed E-state index contributed by atoms with van der Waals surface area (Å²) in [5, 5.41) is 4.40. The molecule has 0 aliphatic rings. The van der Waals surface area contributed by atoms with Gasteiger partial charge >= 0.3 is 0 Å². The molecule has 0 atom stereocenters. The van der Waals surface area contributed by atoms with Crippen LogP contribution in [0.1, 0.15) is 33.4 Å². The summed E-state index contributed by atoms with van der Waals surface area (Å²) in [5.41, 5.74) is 6.63. The fraction of sp³-hybridized carbons (Fsp3) is 0.727. The van der Waals surface area contributed by atoms with Gasteiger partial charge in [0.15, 0.2) is 9.84 Å². The van der Waals surface area contributed by atoms with Gasteiger partial charge in [-0.1, -0.05) is 27.7 Å². The van der Waals surface area contributed by atoms with E-state index < -0.39 is 9.84 Å². The minimum atomic E-state index is -3.01. The number of nitrogens with two attached hydrogens (primary N) is 1. The monoisotopic (exact) mass is 337 g/mol. The summed E-state index contributed by atoms with van der Waals surface area (Å²) in [4.78, 5) is 0. The molecular formula is C11H20BrN3O2S. The molecule has 0 bridgehead atoms. The highest BCUT2D eigenvalue weighted by Crippen LogP contribution is 2.32. The summed E-state index contributed by atoms with van der Waals surface area (Å²) in [5.74, 6) is 0.679. The van der Waals surface area contributed by atoms with Gasteiger partial charge in [0, 0.05) is 11.2 Å². The van der Waals surface area contributed by atoms with Crippen LogP contribution >= 0.6 is 15.9 Å². The fourth-order valence-corrected chi connectivity index (χ4v) is 3.09. The van der Waals surface area contributed by atoms with Gasteiger partial charge in [-0.15, -0.1) is 0 Å². The van der Waals surface area contributed by atoms with Crippen LogP contribution in [-0.4, -0.2) is 29.7 Å². The molecule has 0 amide bonds. The van der Waals surface area contributed by atoms with Crippen molar-refractivity contribution in [2.45, 2.75) is 39.7 Å². The average molecular weight is 338 g/mol. The highest BCUT2D eigenvalue weighted by Gasteiger charge is 2.24. The van der Waals surface area contributed by atoms with Gasteiger partial charge in [0.2, 0.25) is 0 Å². The Morgan fingerprint density at radius 1 is 1.39 bits per heavy atom. The Morgan fingerprint density at radius 3 is 2.33 bits per heavy atom. The maximum absolute atomic E-state index is 11.5. The van der Waals surface area contributed by atoms with Gasteiger partial charge in [-0.25, -0.2) is 13.1 Å². The molecule has 0 spiro atoms. The lowest BCUT2D eigenvalue weighted by Gasteiger charge is -2.15. The summed E-state index contributed by atoms with van der Waals surface area (Å²) >= 11 is 3.42. The molecule has 0 radical (unpaired) electrons. The van der Waals surface area contributed by atoms with Crippen molar-refractivity contribution in [1.29, 1.82) is 0 Å². The molecule has 104 valence electrons. The van der Waals surface area contributed by atoms with Crippen LogP contribution in [0.3, 0.4) is 0 Å². The molecule has 5 nitrogen and oxygen atoms in total. The molecular weight excluding hydrogens is 318 g/mol. The molecule has 1 aromatic rings. The van der Waals surface area contributed by atoms with Gasteiger partial charge in [0.1, 0.15) is 5.82 Å². The number of rotatable bonds is 4. The molecule has 1 aromatic heterocycles. The summed E-state index contributed by atoms with van der Waals surface area (Å²) < 4.78 is 25.3. The van der Waals surface area contributed by atoms with Crippen LogP contribution in [-0.2, 0) is 21.8 Å². The van der Waals surface area contributed by atoms with Crippen molar-refractivity contribution in [2.75, 3.05) is 17.2 Å². The van der Waals surface area contributed by atoms with Crippen molar-refractivity contribution >= 4 is 31.6 Å². The van der Waals surface area contributed by atoms with Crippen LogP contribution in [0.2, 0.25) is 0 Å². The van der Waals surface area contributed by atoms with Crippen LogP contribution in [0.15, 0.2) is 4.47 Å². The predicted octanol–water partition coefficient (Wildman–Crippen LogP) is 1.96. The summed E-state index contributed by atoms with van der Waals surface area (Å²) in [6.45, 7) is 8.03. The zero-order valence-electron chi connectivity index (χ0n) is 11.2. The zero-order valence-corrected chi connectivity index (χ0v) is 13.6. The minimum absolute atomic E-state index is 0.0609. The molecule has 0 aromatic carbocycles. The Kier molecular flexibility index (Phi) is 4.48. The first kappa shape index (κ1) is 15.5. The van der Waals surface area contributed by atoms with Crippen LogP contribution in [0.5, 0.6) is 0 Å². The lowest BCUT2D eigenvalue weighted by atomic mass is 9.92. The van der Waals surface area contributed by atoms with E-state index in [0.29, 0.717) is 5.82 Å². The average Bonchev–Trinajstić information content (AvgIpc) is 2.53. The number of aryl methyl sites for hydroxylation is 1. The molecule has 0 aliphatic heterocycles. The lowest BCUT2D eigenvalue weighted by Crippen LogP contribution is -2.18. The number of nitrogen functional groups attached to an aromatic ring is 1. The van der Waals surface area contributed by atoms with Crippen molar-refractivity contribution in [3.63, 3.8) is 0 Å². The first-order chi connectivity index (χ1) is 8.08. The van der Waals surface area contributed by atoms with E-state index in [1.54, 1.807) is 11.6 Å². The van der Waals surface area contributed by atoms with E-state index in [1.165, 1.54) is 0 Å². The Balaban J connectivity index is 3.00. The summed E-state index contributed by atoms with van der Waals surface area (Å²) in [6, 6.07) is 0. The van der Waals surface area contributed by atoms with Crippen molar-refractivity contribution in [1.82, 2.24) is 9.78 Å². The van der Waals surface area contributed by atoms with E-state index in [4.69, 9.17) is 5.73 Å². The van der Waals surface area contributed by atoms with Gasteiger partial charge in [-0.05, 0) is 15.9 Å². The van der Waals surface area contributed by atoms with E-state index in [1.807, 2.05) is 20.8 Å². The third kappa shape index (κ3) is 3.47. The van der Waals surface area contributed by atoms with E-state index in [0.717, 1.165) is 10.2 Å². The van der Waals surface area contributed by atoms with Crippen molar-refractivity contribution in [3.8, 4) is 0 Å². The number of sulfone groups is 1. The van der Waals surface area contributed by atoms with Crippen molar-refractivity contribution < 1.29 is 8.42 Å². The van der Waals surface area contributed by atoms with E-state index in [-0.39, 0.29) is 23.5 Å². The second-order valence-corrected chi connectivity index (χ2v) is 8.52. The molecule has 18 heavy (non-hydrogen) atoms. The standard InChI is InChI=1S/C11H20BrN3O2S/c1-5-18(16,17)7-6-15-10(13)8(12)9(14-15)11(2,3)4/h5-7,13H2,1-4H3. The van der Waals surface area contributed by atoms with Gasteiger partial charge in [0.25, 0.3) is 0 Å². The summed E-state index contributed by atoms with van der Waals surface area (Å²) in [6.07, 6.45) is 0. The number of nitrogens with zero attached hydrogens (tertiary/aromatic N) is 2. The van der Waals surface area contributed by atoms with Crippen LogP contribution in [0.4, 0.5) is 5.82 Å². The molecule has 0 fully saturated rings. The molecule has 1 rings (SSSR count). The Hall–Kier alpha value is -0.560. The van der Waals surface area contributed by atoms with Crippen LogP contribution in [0, 0.1) is 0 Å². The second kappa shape index (κ2) is 5.21. The third-order valence-corrected chi connectivity index (χ3v) is 5.16. The molecule has 0 saturated carbocycles. The van der Waals surface area contributed by atoms with Gasteiger partial charge in [-0.3, -0.25) is 0 Å². The topological polar surface area (TPSA) is 78.0 Å². The zero-order chi connectivity index (χ0) is 14.1. The molecule has 2 N–H and O–H groups in total. The number of anilines is 1.